The van der Waals surface area contributed by atoms with E-state index in [0.29, 0.717) is 46.1 Å². The minimum absolute atomic E-state index is 0.00248. The van der Waals surface area contributed by atoms with Gasteiger partial charge >= 0.3 is 6.09 Å². The third kappa shape index (κ3) is 6.98. The maximum Gasteiger partial charge on any atom is 0.410 e. The summed E-state index contributed by atoms with van der Waals surface area (Å²) in [6.07, 6.45) is 3.59. The molecule has 0 unspecified atom stereocenters. The highest BCUT2D eigenvalue weighted by Gasteiger charge is 2.67. The molecule has 0 N–H and O–H groups in total. The molecule has 1 aromatic carbocycles. The van der Waals surface area contributed by atoms with Crippen molar-refractivity contribution >= 4 is 23.6 Å². The third-order valence-corrected chi connectivity index (χ3v) is 11.1. The summed E-state index contributed by atoms with van der Waals surface area (Å²) in [4.78, 5) is 37.4. The van der Waals surface area contributed by atoms with Gasteiger partial charge in [0, 0.05) is 48.0 Å². The lowest BCUT2D eigenvalue weighted by Gasteiger charge is -2.65. The lowest BCUT2D eigenvalue weighted by atomic mass is 9.49. The van der Waals surface area contributed by atoms with Gasteiger partial charge in [0.15, 0.2) is 0 Å². The number of halogens is 1. The number of nitrogens with zero attached hydrogens (tertiary/aromatic N) is 5. The van der Waals surface area contributed by atoms with Crippen molar-refractivity contribution in [3.8, 4) is 23.7 Å². The number of amides is 2. The van der Waals surface area contributed by atoms with Crippen LogP contribution in [-0.2, 0) is 11.3 Å². The second-order valence-electron chi connectivity index (χ2n) is 16.2. The molecule has 49 heavy (non-hydrogen) atoms. The Balaban J connectivity index is 1.03. The van der Waals surface area contributed by atoms with Crippen LogP contribution in [0.25, 0.3) is 0 Å². The van der Waals surface area contributed by atoms with Crippen LogP contribution in [-0.4, -0.2) is 81.7 Å². The van der Waals surface area contributed by atoms with Crippen molar-refractivity contribution in [1.82, 2.24) is 19.7 Å². The van der Waals surface area contributed by atoms with Crippen LogP contribution in [0.4, 0.5) is 4.79 Å². The van der Waals surface area contributed by atoms with Gasteiger partial charge in [0.1, 0.15) is 29.2 Å². The van der Waals surface area contributed by atoms with Crippen LogP contribution in [0.1, 0.15) is 101 Å². The molecule has 2 aromatic rings. The van der Waals surface area contributed by atoms with Gasteiger partial charge in [0.25, 0.3) is 5.91 Å². The van der Waals surface area contributed by atoms with Crippen molar-refractivity contribution in [2.24, 2.45) is 16.7 Å². The highest BCUT2D eigenvalue weighted by Crippen LogP contribution is 2.59. The van der Waals surface area contributed by atoms with Gasteiger partial charge < -0.3 is 24.2 Å². The van der Waals surface area contributed by atoms with Gasteiger partial charge in [-0.15, -0.1) is 0 Å². The van der Waals surface area contributed by atoms with Crippen LogP contribution in [0.3, 0.4) is 0 Å². The number of rotatable bonds is 4. The number of fused-ring (bicyclic) bond motifs is 1. The molecule has 1 aliphatic carbocycles. The van der Waals surface area contributed by atoms with E-state index in [4.69, 9.17) is 26.1 Å². The predicted octanol–water partition coefficient (Wildman–Crippen LogP) is 6.91. The van der Waals surface area contributed by atoms with Crippen LogP contribution < -0.4 is 4.74 Å². The van der Waals surface area contributed by atoms with Crippen molar-refractivity contribution in [1.29, 1.82) is 5.26 Å². The van der Waals surface area contributed by atoms with Crippen LogP contribution in [0.2, 0.25) is 5.02 Å². The minimum atomic E-state index is -0.472. The molecule has 1 aromatic heterocycles. The van der Waals surface area contributed by atoms with Crippen molar-refractivity contribution < 1.29 is 19.1 Å². The Morgan fingerprint density at radius 2 is 1.67 bits per heavy atom. The lowest BCUT2D eigenvalue weighted by Crippen LogP contribution is -2.74. The molecular formula is C39H48ClN5O4. The van der Waals surface area contributed by atoms with E-state index < -0.39 is 5.60 Å². The van der Waals surface area contributed by atoms with Gasteiger partial charge in [-0.3, -0.25) is 4.79 Å². The van der Waals surface area contributed by atoms with Crippen molar-refractivity contribution in [2.45, 2.75) is 104 Å². The number of aromatic nitrogens is 1. The molecule has 10 heteroatoms. The molecule has 0 atom stereocenters. The molecule has 260 valence electrons. The molecule has 1 saturated carbocycles. The summed E-state index contributed by atoms with van der Waals surface area (Å²) in [5.41, 5.74) is 1.39. The molecule has 0 radical (unpaired) electrons. The van der Waals surface area contributed by atoms with Gasteiger partial charge in [0.05, 0.1) is 28.4 Å². The summed E-state index contributed by atoms with van der Waals surface area (Å²) in [6.45, 7) is 18.2. The van der Waals surface area contributed by atoms with Crippen molar-refractivity contribution in [3.05, 3.63) is 57.9 Å². The van der Waals surface area contributed by atoms with E-state index in [1.54, 1.807) is 18.2 Å². The molecule has 9 nitrogen and oxygen atoms in total. The lowest BCUT2D eigenvalue weighted by molar-refractivity contribution is -0.199. The van der Waals surface area contributed by atoms with E-state index in [9.17, 15) is 14.9 Å². The fourth-order valence-electron chi connectivity index (χ4n) is 8.82. The summed E-state index contributed by atoms with van der Waals surface area (Å²) >= 11 is 6.27. The zero-order chi connectivity index (χ0) is 35.3. The number of piperidine rings is 2. The summed E-state index contributed by atoms with van der Waals surface area (Å²) in [6, 6.07) is 11.4. The molecule has 4 heterocycles. The van der Waals surface area contributed by atoms with Gasteiger partial charge in [-0.1, -0.05) is 45.2 Å². The van der Waals surface area contributed by atoms with Gasteiger partial charge in [0.2, 0.25) is 0 Å². The molecule has 6 rings (SSSR count). The van der Waals surface area contributed by atoms with Crippen LogP contribution in [0.5, 0.6) is 5.75 Å². The van der Waals surface area contributed by atoms with Crippen LogP contribution in [0, 0.1) is 39.9 Å². The van der Waals surface area contributed by atoms with E-state index in [1.165, 1.54) is 0 Å². The number of benzene rings is 1. The van der Waals surface area contributed by atoms with Crippen molar-refractivity contribution in [3.63, 3.8) is 0 Å². The Morgan fingerprint density at radius 3 is 2.29 bits per heavy atom. The number of ether oxygens (including phenoxy) is 2. The maximum absolute atomic E-state index is 13.7. The first-order valence-electron chi connectivity index (χ1n) is 17.5. The van der Waals surface area contributed by atoms with E-state index in [2.05, 4.69) is 50.5 Å². The Hall–Kier alpha value is -3.79. The monoisotopic (exact) mass is 685 g/mol. The SMILES string of the molecule is CC(C)(C)OC(=O)N1CCC(N2CCC(C#Cc3ccc4c(n3)CN(C3C(C)(C)C(Oc5ccc(C#N)c(Cl)c5)C3(C)C)C4=O)CC2)CC1. The normalized spacial score (nSPS) is 23.9. The Kier molecular flexibility index (Phi) is 9.41. The molecule has 0 bridgehead atoms. The summed E-state index contributed by atoms with van der Waals surface area (Å²) < 4.78 is 12.0. The van der Waals surface area contributed by atoms with E-state index in [0.717, 1.165) is 57.6 Å². The summed E-state index contributed by atoms with van der Waals surface area (Å²) in [7, 11) is 0. The smallest absolute Gasteiger partial charge is 0.410 e. The first-order chi connectivity index (χ1) is 23.1. The Labute approximate surface area is 295 Å². The van der Waals surface area contributed by atoms with Crippen LogP contribution in [0.15, 0.2) is 30.3 Å². The second kappa shape index (κ2) is 13.2. The van der Waals surface area contributed by atoms with Crippen LogP contribution >= 0.6 is 11.6 Å². The zero-order valence-corrected chi connectivity index (χ0v) is 30.6. The number of pyridine rings is 1. The number of nitriles is 1. The van der Waals surface area contributed by atoms with Crippen molar-refractivity contribution in [2.75, 3.05) is 26.2 Å². The fraction of sp³-hybridized carbons (Fsp3) is 0.590. The average molecular weight is 686 g/mol. The average Bonchev–Trinajstić information content (AvgIpc) is 3.35. The third-order valence-electron chi connectivity index (χ3n) is 10.7. The van der Waals surface area contributed by atoms with E-state index >= 15 is 0 Å². The molecule has 3 fully saturated rings. The molecule has 3 aliphatic heterocycles. The number of carbonyl (C=O) groups is 2. The predicted molar refractivity (Wildman–Crippen MR) is 188 cm³/mol. The minimum Gasteiger partial charge on any atom is -0.489 e. The number of carbonyl (C=O) groups excluding carboxylic acids is 2. The van der Waals surface area contributed by atoms with E-state index in [1.807, 2.05) is 42.7 Å². The standard InChI is InChI=1S/C39H48ClN5O4/c1-37(2,3)49-36(47)44-20-16-28(17-21-44)43-18-14-25(15-19-43)8-10-27-11-13-30-32(42-27)24-45(33(30)46)34-38(4,5)35(39(34,6)7)48-29-12-9-26(23-41)31(40)22-29/h9,11-13,22,25,28,34-35H,14-21,24H2,1-7H3. The largest absolute Gasteiger partial charge is 0.489 e. The first-order valence-corrected chi connectivity index (χ1v) is 17.9. The molecule has 4 aliphatic rings. The fourth-order valence-corrected chi connectivity index (χ4v) is 9.03. The highest BCUT2D eigenvalue weighted by atomic mass is 35.5. The molecule has 2 amide bonds. The van der Waals surface area contributed by atoms with Gasteiger partial charge in [-0.2, -0.15) is 5.26 Å². The second-order valence-corrected chi connectivity index (χ2v) is 16.6. The molecule has 2 saturated heterocycles. The molecular weight excluding hydrogens is 638 g/mol. The zero-order valence-electron chi connectivity index (χ0n) is 29.8. The van der Waals surface area contributed by atoms with Gasteiger partial charge in [-0.05, 0) is 89.7 Å². The Bertz CT molecular complexity index is 1700. The number of likely N-dealkylation sites (tertiary alicyclic amines) is 2. The van der Waals surface area contributed by atoms with E-state index in [-0.39, 0.29) is 35.0 Å². The quantitative estimate of drug-likeness (QED) is 0.323. The highest BCUT2D eigenvalue weighted by molar-refractivity contribution is 6.31. The molecule has 0 spiro atoms. The summed E-state index contributed by atoms with van der Waals surface area (Å²) in [5, 5.41) is 9.59. The Morgan fingerprint density at radius 1 is 1.00 bits per heavy atom. The number of hydrogen-bond acceptors (Lipinski definition) is 7. The first kappa shape index (κ1) is 35.1. The number of hydrogen-bond donors (Lipinski definition) is 0. The topological polar surface area (TPSA) is 99.0 Å². The summed E-state index contributed by atoms with van der Waals surface area (Å²) in [5.74, 6) is 7.72. The maximum atomic E-state index is 13.7. The van der Waals surface area contributed by atoms with Gasteiger partial charge in [-0.25, -0.2) is 9.78 Å².